The third kappa shape index (κ3) is 7.37. The Balaban J connectivity index is 3.22. The molecule has 66 valence electrons. The molecule has 11 heavy (non-hydrogen) atoms. The molecule has 0 amide bonds. The van der Waals surface area contributed by atoms with E-state index in [-0.39, 0.29) is 0 Å². The van der Waals surface area contributed by atoms with E-state index in [4.69, 9.17) is 5.11 Å². The molecular weight excluding hydrogens is 140 g/mol. The van der Waals surface area contributed by atoms with Crippen LogP contribution in [0.1, 0.15) is 46.0 Å². The molecule has 0 bridgehead atoms. The topological polar surface area (TPSA) is 37.3 Å². The van der Waals surface area contributed by atoms with Gasteiger partial charge in [0, 0.05) is 6.42 Å². The van der Waals surface area contributed by atoms with E-state index in [9.17, 15) is 4.79 Å². The van der Waals surface area contributed by atoms with Gasteiger partial charge in [-0.05, 0) is 12.3 Å². The highest BCUT2D eigenvalue weighted by atomic mass is 16.4. The summed E-state index contributed by atoms with van der Waals surface area (Å²) in [6, 6.07) is 0. The van der Waals surface area contributed by atoms with Crippen molar-refractivity contribution in [2.75, 3.05) is 0 Å². The van der Waals surface area contributed by atoms with Gasteiger partial charge in [-0.2, -0.15) is 0 Å². The van der Waals surface area contributed by atoms with Gasteiger partial charge in [0.15, 0.2) is 0 Å². The Morgan fingerprint density at radius 2 is 2.09 bits per heavy atom. The highest BCUT2D eigenvalue weighted by molar-refractivity contribution is 5.66. The quantitative estimate of drug-likeness (QED) is 0.645. The third-order valence-electron chi connectivity index (χ3n) is 1.90. The maximum atomic E-state index is 10.2. The summed E-state index contributed by atoms with van der Waals surface area (Å²) in [6.07, 6.45) is 4.75. The van der Waals surface area contributed by atoms with Crippen LogP contribution >= 0.6 is 0 Å². The standard InChI is InChI=1S/C9H18O2/c1-3-4-5-8(2)6-7-9(10)11/h8H,3-7H2,1-2H3,(H,10,11)/t8-/m0/s1. The van der Waals surface area contributed by atoms with Crippen molar-refractivity contribution in [3.8, 4) is 0 Å². The lowest BCUT2D eigenvalue weighted by molar-refractivity contribution is -0.137. The molecule has 0 rings (SSSR count). The van der Waals surface area contributed by atoms with Gasteiger partial charge in [0.1, 0.15) is 0 Å². The number of aliphatic carboxylic acids is 1. The molecule has 0 unspecified atom stereocenters. The van der Waals surface area contributed by atoms with Crippen LogP contribution in [-0.2, 0) is 4.79 Å². The van der Waals surface area contributed by atoms with Gasteiger partial charge in [-0.3, -0.25) is 4.79 Å². The molecule has 0 aromatic rings. The van der Waals surface area contributed by atoms with Crippen molar-refractivity contribution in [1.82, 2.24) is 0 Å². The minimum atomic E-state index is -0.673. The second-order valence-electron chi connectivity index (χ2n) is 3.18. The first-order valence-electron chi connectivity index (χ1n) is 4.38. The van der Waals surface area contributed by atoms with Gasteiger partial charge >= 0.3 is 5.97 Å². The van der Waals surface area contributed by atoms with Crippen LogP contribution in [0.4, 0.5) is 0 Å². The lowest BCUT2D eigenvalue weighted by Crippen LogP contribution is -2.00. The van der Waals surface area contributed by atoms with E-state index in [1.54, 1.807) is 0 Å². The Bertz CT molecular complexity index is 110. The summed E-state index contributed by atoms with van der Waals surface area (Å²) in [4.78, 5) is 10.2. The van der Waals surface area contributed by atoms with Gasteiger partial charge in [0.2, 0.25) is 0 Å². The van der Waals surface area contributed by atoms with Gasteiger partial charge < -0.3 is 5.11 Å². The first kappa shape index (κ1) is 10.5. The van der Waals surface area contributed by atoms with Crippen molar-refractivity contribution in [2.24, 2.45) is 5.92 Å². The molecular formula is C9H18O2. The van der Waals surface area contributed by atoms with E-state index >= 15 is 0 Å². The summed E-state index contributed by atoms with van der Waals surface area (Å²) >= 11 is 0. The number of carbonyl (C=O) groups is 1. The summed E-state index contributed by atoms with van der Waals surface area (Å²) in [5, 5.41) is 8.39. The van der Waals surface area contributed by atoms with Crippen molar-refractivity contribution in [2.45, 2.75) is 46.0 Å². The van der Waals surface area contributed by atoms with Crippen molar-refractivity contribution in [3.63, 3.8) is 0 Å². The molecule has 0 aliphatic heterocycles. The average Bonchev–Trinajstić information content (AvgIpc) is 1.97. The maximum Gasteiger partial charge on any atom is 0.303 e. The molecule has 0 aliphatic carbocycles. The van der Waals surface area contributed by atoms with Gasteiger partial charge in [-0.1, -0.05) is 33.1 Å². The number of carboxylic acids is 1. The van der Waals surface area contributed by atoms with Crippen LogP contribution in [0.5, 0.6) is 0 Å². The minimum absolute atomic E-state index is 0.324. The summed E-state index contributed by atoms with van der Waals surface area (Å²) in [5.74, 6) is -0.0978. The van der Waals surface area contributed by atoms with E-state index in [2.05, 4.69) is 13.8 Å². The largest absolute Gasteiger partial charge is 0.481 e. The molecule has 0 fully saturated rings. The predicted octanol–water partition coefficient (Wildman–Crippen LogP) is 2.68. The van der Waals surface area contributed by atoms with Crippen LogP contribution in [0.15, 0.2) is 0 Å². The molecule has 2 heteroatoms. The van der Waals surface area contributed by atoms with Crippen LogP contribution in [0, 0.1) is 5.92 Å². The van der Waals surface area contributed by atoms with E-state index in [1.807, 2.05) is 0 Å². The number of unbranched alkanes of at least 4 members (excludes halogenated alkanes) is 1. The number of carboxylic acid groups (broad SMARTS) is 1. The second-order valence-corrected chi connectivity index (χ2v) is 3.18. The Morgan fingerprint density at radius 3 is 2.55 bits per heavy atom. The van der Waals surface area contributed by atoms with Gasteiger partial charge in [0.05, 0.1) is 0 Å². The molecule has 0 saturated carbocycles. The van der Waals surface area contributed by atoms with Crippen LogP contribution in [-0.4, -0.2) is 11.1 Å². The van der Waals surface area contributed by atoms with Crippen molar-refractivity contribution in [3.05, 3.63) is 0 Å². The molecule has 0 saturated heterocycles. The molecule has 0 aliphatic rings. The summed E-state index contributed by atoms with van der Waals surface area (Å²) in [5.41, 5.74) is 0. The molecule has 0 radical (unpaired) electrons. The Labute approximate surface area is 68.6 Å². The highest BCUT2D eigenvalue weighted by Crippen LogP contribution is 2.13. The molecule has 1 atom stereocenters. The molecule has 2 nitrogen and oxygen atoms in total. The maximum absolute atomic E-state index is 10.2. The fraction of sp³-hybridized carbons (Fsp3) is 0.889. The molecule has 0 heterocycles. The SMILES string of the molecule is CCCC[C@H](C)CCC(=O)O. The number of rotatable bonds is 6. The van der Waals surface area contributed by atoms with E-state index in [0.717, 1.165) is 6.42 Å². The van der Waals surface area contributed by atoms with Crippen LogP contribution in [0.3, 0.4) is 0 Å². The lowest BCUT2D eigenvalue weighted by atomic mass is 9.99. The number of hydrogen-bond acceptors (Lipinski definition) is 1. The monoisotopic (exact) mass is 158 g/mol. The van der Waals surface area contributed by atoms with Crippen molar-refractivity contribution < 1.29 is 9.90 Å². The lowest BCUT2D eigenvalue weighted by Gasteiger charge is -2.07. The van der Waals surface area contributed by atoms with E-state index < -0.39 is 5.97 Å². The van der Waals surface area contributed by atoms with Crippen LogP contribution in [0.2, 0.25) is 0 Å². The first-order valence-corrected chi connectivity index (χ1v) is 4.38. The zero-order valence-corrected chi connectivity index (χ0v) is 7.47. The third-order valence-corrected chi connectivity index (χ3v) is 1.90. The van der Waals surface area contributed by atoms with Crippen LogP contribution in [0.25, 0.3) is 0 Å². The minimum Gasteiger partial charge on any atom is -0.481 e. The second kappa shape index (κ2) is 6.20. The smallest absolute Gasteiger partial charge is 0.303 e. The Hall–Kier alpha value is -0.530. The van der Waals surface area contributed by atoms with Crippen molar-refractivity contribution >= 4 is 5.97 Å². The zero-order valence-electron chi connectivity index (χ0n) is 7.47. The van der Waals surface area contributed by atoms with Gasteiger partial charge in [-0.25, -0.2) is 0 Å². The summed E-state index contributed by atoms with van der Waals surface area (Å²) in [7, 11) is 0. The number of hydrogen-bond donors (Lipinski definition) is 1. The van der Waals surface area contributed by atoms with Gasteiger partial charge in [0.25, 0.3) is 0 Å². The Morgan fingerprint density at radius 1 is 1.45 bits per heavy atom. The van der Waals surface area contributed by atoms with E-state index in [1.165, 1.54) is 19.3 Å². The first-order chi connectivity index (χ1) is 5.16. The summed E-state index contributed by atoms with van der Waals surface area (Å²) < 4.78 is 0. The van der Waals surface area contributed by atoms with Gasteiger partial charge in [-0.15, -0.1) is 0 Å². The highest BCUT2D eigenvalue weighted by Gasteiger charge is 2.03. The fourth-order valence-electron chi connectivity index (χ4n) is 1.07. The molecule has 0 aromatic heterocycles. The Kier molecular flexibility index (Phi) is 5.90. The summed E-state index contributed by atoms with van der Waals surface area (Å²) in [6.45, 7) is 4.28. The van der Waals surface area contributed by atoms with E-state index in [0.29, 0.717) is 12.3 Å². The predicted molar refractivity (Wildman–Crippen MR) is 45.6 cm³/mol. The average molecular weight is 158 g/mol. The normalized spacial score (nSPS) is 12.9. The molecule has 0 spiro atoms. The van der Waals surface area contributed by atoms with Crippen LogP contribution < -0.4 is 0 Å². The molecule has 1 N–H and O–H groups in total. The molecule has 0 aromatic carbocycles. The van der Waals surface area contributed by atoms with Crippen molar-refractivity contribution in [1.29, 1.82) is 0 Å². The fourth-order valence-corrected chi connectivity index (χ4v) is 1.07. The zero-order chi connectivity index (χ0) is 8.69.